The maximum absolute atomic E-state index is 12.1. The molecular weight excluding hydrogens is 320 g/mol. The first-order valence-corrected chi connectivity index (χ1v) is 8.64. The highest BCUT2D eigenvalue weighted by molar-refractivity contribution is 5.91. The highest BCUT2D eigenvalue weighted by atomic mass is 16.3. The molecule has 0 radical (unpaired) electrons. The van der Waals surface area contributed by atoms with Gasteiger partial charge in [-0.25, -0.2) is 0 Å². The van der Waals surface area contributed by atoms with Gasteiger partial charge in [-0.2, -0.15) is 5.10 Å². The normalized spacial score (nSPS) is 12.0. The molecular formula is C18H26N4O3. The third-order valence-corrected chi connectivity index (χ3v) is 4.11. The van der Waals surface area contributed by atoms with E-state index in [4.69, 9.17) is 4.42 Å². The second-order valence-electron chi connectivity index (χ2n) is 6.15. The molecule has 0 aliphatic carbocycles. The van der Waals surface area contributed by atoms with E-state index in [1.54, 1.807) is 19.1 Å². The van der Waals surface area contributed by atoms with Crippen LogP contribution in [0.5, 0.6) is 0 Å². The summed E-state index contributed by atoms with van der Waals surface area (Å²) in [6, 6.07) is 3.43. The molecule has 25 heavy (non-hydrogen) atoms. The Morgan fingerprint density at radius 2 is 2.12 bits per heavy atom. The molecule has 0 saturated heterocycles. The van der Waals surface area contributed by atoms with Crippen molar-refractivity contribution in [1.29, 1.82) is 0 Å². The van der Waals surface area contributed by atoms with Crippen LogP contribution in [-0.4, -0.2) is 35.1 Å². The van der Waals surface area contributed by atoms with E-state index in [0.717, 1.165) is 30.7 Å². The van der Waals surface area contributed by atoms with Gasteiger partial charge in [0.05, 0.1) is 12.1 Å². The fourth-order valence-electron chi connectivity index (χ4n) is 2.41. The number of aromatic amines is 1. The van der Waals surface area contributed by atoms with Gasteiger partial charge in [-0.3, -0.25) is 14.7 Å². The Balaban J connectivity index is 1.65. The van der Waals surface area contributed by atoms with Crippen LogP contribution in [0.3, 0.4) is 0 Å². The van der Waals surface area contributed by atoms with Gasteiger partial charge in [0, 0.05) is 25.2 Å². The summed E-state index contributed by atoms with van der Waals surface area (Å²) in [5, 5.41) is 12.5. The molecule has 0 aliphatic rings. The molecule has 0 bridgehead atoms. The molecule has 7 nitrogen and oxygen atoms in total. The SMILES string of the molecule is CCc1ccc(C(=O)NC[C@@H](C)C(=O)NCCCc2cn[nH]c2C)o1. The third kappa shape index (κ3) is 5.48. The van der Waals surface area contributed by atoms with Crippen molar-refractivity contribution >= 4 is 11.8 Å². The van der Waals surface area contributed by atoms with E-state index in [9.17, 15) is 9.59 Å². The molecule has 0 aromatic carbocycles. The second kappa shape index (κ2) is 9.05. The molecule has 3 N–H and O–H groups in total. The molecule has 7 heteroatoms. The van der Waals surface area contributed by atoms with E-state index in [0.29, 0.717) is 6.54 Å². The number of hydrogen-bond donors (Lipinski definition) is 3. The van der Waals surface area contributed by atoms with Crippen LogP contribution in [0.2, 0.25) is 0 Å². The first-order chi connectivity index (χ1) is 12.0. The van der Waals surface area contributed by atoms with Crippen LogP contribution >= 0.6 is 0 Å². The number of nitrogens with one attached hydrogen (secondary N) is 3. The summed E-state index contributed by atoms with van der Waals surface area (Å²) in [6.07, 6.45) is 4.27. The summed E-state index contributed by atoms with van der Waals surface area (Å²) >= 11 is 0. The van der Waals surface area contributed by atoms with E-state index in [-0.39, 0.29) is 30.0 Å². The van der Waals surface area contributed by atoms with Crippen molar-refractivity contribution in [3.8, 4) is 0 Å². The zero-order valence-electron chi connectivity index (χ0n) is 15.0. The Hall–Kier alpha value is -2.57. The number of carbonyl (C=O) groups excluding carboxylic acids is 2. The van der Waals surface area contributed by atoms with E-state index >= 15 is 0 Å². The molecule has 0 fully saturated rings. The van der Waals surface area contributed by atoms with Crippen LogP contribution in [0.1, 0.15) is 47.8 Å². The van der Waals surface area contributed by atoms with Gasteiger partial charge in [0.1, 0.15) is 5.76 Å². The zero-order valence-corrected chi connectivity index (χ0v) is 15.0. The lowest BCUT2D eigenvalue weighted by molar-refractivity contribution is -0.124. The fraction of sp³-hybridized carbons (Fsp3) is 0.500. The van der Waals surface area contributed by atoms with Crippen molar-refractivity contribution in [3.63, 3.8) is 0 Å². The standard InChI is InChI=1S/C18H26N4O3/c1-4-15-7-8-16(25-15)18(24)20-10-12(2)17(23)19-9-5-6-14-11-21-22-13(14)3/h7-8,11-12H,4-6,9-10H2,1-3H3,(H,19,23)(H,20,24)(H,21,22)/t12-/m1/s1. The van der Waals surface area contributed by atoms with Crippen LogP contribution in [0.25, 0.3) is 0 Å². The molecule has 0 aliphatic heterocycles. The van der Waals surface area contributed by atoms with Crippen LogP contribution in [0, 0.1) is 12.8 Å². The summed E-state index contributed by atoms with van der Waals surface area (Å²) in [7, 11) is 0. The molecule has 0 spiro atoms. The minimum Gasteiger partial charge on any atom is -0.456 e. The van der Waals surface area contributed by atoms with Crippen molar-refractivity contribution in [2.24, 2.45) is 5.92 Å². The van der Waals surface area contributed by atoms with Crippen LogP contribution in [-0.2, 0) is 17.6 Å². The Labute approximate surface area is 147 Å². The molecule has 0 unspecified atom stereocenters. The van der Waals surface area contributed by atoms with Gasteiger partial charge in [0.2, 0.25) is 5.91 Å². The van der Waals surface area contributed by atoms with Crippen LogP contribution in [0.4, 0.5) is 0 Å². The number of nitrogens with zero attached hydrogens (tertiary/aromatic N) is 1. The first-order valence-electron chi connectivity index (χ1n) is 8.64. The molecule has 2 heterocycles. The molecule has 0 saturated carbocycles. The molecule has 2 aromatic rings. The second-order valence-corrected chi connectivity index (χ2v) is 6.15. The number of rotatable bonds is 9. The van der Waals surface area contributed by atoms with Crippen molar-refractivity contribution in [1.82, 2.24) is 20.8 Å². The molecule has 2 aromatic heterocycles. The number of H-pyrrole nitrogens is 1. The monoisotopic (exact) mass is 346 g/mol. The van der Waals surface area contributed by atoms with Crippen molar-refractivity contribution in [2.75, 3.05) is 13.1 Å². The smallest absolute Gasteiger partial charge is 0.287 e. The lowest BCUT2D eigenvalue weighted by Gasteiger charge is -2.12. The zero-order chi connectivity index (χ0) is 18.2. The molecule has 1 atom stereocenters. The number of hydrogen-bond acceptors (Lipinski definition) is 4. The predicted molar refractivity (Wildman–Crippen MR) is 94.2 cm³/mol. The topological polar surface area (TPSA) is 100 Å². The minimum atomic E-state index is -0.305. The summed E-state index contributed by atoms with van der Waals surface area (Å²) in [5.74, 6) is 0.372. The maximum Gasteiger partial charge on any atom is 0.287 e. The molecule has 136 valence electrons. The minimum absolute atomic E-state index is 0.0714. The molecule has 2 rings (SSSR count). The highest BCUT2D eigenvalue weighted by Gasteiger charge is 2.16. The maximum atomic E-state index is 12.1. The van der Waals surface area contributed by atoms with E-state index in [1.165, 1.54) is 5.56 Å². The molecule has 2 amide bonds. The van der Waals surface area contributed by atoms with Gasteiger partial charge >= 0.3 is 0 Å². The fourth-order valence-corrected chi connectivity index (χ4v) is 2.41. The number of amides is 2. The Bertz CT molecular complexity index is 705. The van der Waals surface area contributed by atoms with Crippen molar-refractivity contribution in [3.05, 3.63) is 41.1 Å². The van der Waals surface area contributed by atoms with Gasteiger partial charge in [0.25, 0.3) is 5.91 Å². The Kier molecular flexibility index (Phi) is 6.80. The lowest BCUT2D eigenvalue weighted by atomic mass is 10.1. The number of aryl methyl sites for hydroxylation is 3. The number of carbonyl (C=O) groups is 2. The van der Waals surface area contributed by atoms with Gasteiger partial charge < -0.3 is 15.1 Å². The summed E-state index contributed by atoms with van der Waals surface area (Å²) in [5.41, 5.74) is 2.23. The number of furan rings is 1. The summed E-state index contributed by atoms with van der Waals surface area (Å²) in [4.78, 5) is 24.0. The summed E-state index contributed by atoms with van der Waals surface area (Å²) in [6.45, 7) is 6.60. The predicted octanol–water partition coefficient (Wildman–Crippen LogP) is 1.99. The lowest BCUT2D eigenvalue weighted by Crippen LogP contribution is -2.37. The van der Waals surface area contributed by atoms with E-state index < -0.39 is 0 Å². The largest absolute Gasteiger partial charge is 0.456 e. The number of aromatic nitrogens is 2. The first kappa shape index (κ1) is 18.8. The third-order valence-electron chi connectivity index (χ3n) is 4.11. The van der Waals surface area contributed by atoms with E-state index in [1.807, 2.05) is 20.0 Å². The van der Waals surface area contributed by atoms with Gasteiger partial charge in [0.15, 0.2) is 5.76 Å². The Morgan fingerprint density at radius 3 is 2.76 bits per heavy atom. The Morgan fingerprint density at radius 1 is 1.32 bits per heavy atom. The van der Waals surface area contributed by atoms with Crippen LogP contribution in [0.15, 0.2) is 22.7 Å². The van der Waals surface area contributed by atoms with Gasteiger partial charge in [-0.15, -0.1) is 0 Å². The summed E-state index contributed by atoms with van der Waals surface area (Å²) < 4.78 is 5.39. The van der Waals surface area contributed by atoms with Gasteiger partial charge in [-0.05, 0) is 37.5 Å². The highest BCUT2D eigenvalue weighted by Crippen LogP contribution is 2.08. The van der Waals surface area contributed by atoms with E-state index in [2.05, 4.69) is 20.8 Å². The average Bonchev–Trinajstić information content (AvgIpc) is 3.25. The average molecular weight is 346 g/mol. The van der Waals surface area contributed by atoms with Crippen molar-refractivity contribution in [2.45, 2.75) is 40.0 Å². The van der Waals surface area contributed by atoms with Crippen molar-refractivity contribution < 1.29 is 14.0 Å². The van der Waals surface area contributed by atoms with Crippen LogP contribution < -0.4 is 10.6 Å². The quantitative estimate of drug-likeness (QED) is 0.605. The van der Waals surface area contributed by atoms with Gasteiger partial charge in [-0.1, -0.05) is 13.8 Å².